The van der Waals surface area contributed by atoms with Gasteiger partial charge in [0.2, 0.25) is 15.9 Å². The fourth-order valence-corrected chi connectivity index (χ4v) is 4.16. The van der Waals surface area contributed by atoms with Gasteiger partial charge in [-0.3, -0.25) is 4.79 Å². The molecule has 1 aromatic rings. The minimum absolute atomic E-state index is 0.0629. The molecule has 22 heavy (non-hydrogen) atoms. The third-order valence-corrected chi connectivity index (χ3v) is 5.82. The number of fused-ring (bicyclic) bond motifs is 1. The van der Waals surface area contributed by atoms with Crippen molar-refractivity contribution in [1.82, 2.24) is 4.72 Å². The van der Waals surface area contributed by atoms with Gasteiger partial charge >= 0.3 is 0 Å². The Morgan fingerprint density at radius 2 is 2.09 bits per heavy atom. The summed E-state index contributed by atoms with van der Waals surface area (Å²) >= 11 is 0. The number of carbonyl (C=O) groups is 1. The normalized spacial score (nSPS) is 20.5. The molecule has 0 spiro atoms. The molecule has 0 saturated heterocycles. The summed E-state index contributed by atoms with van der Waals surface area (Å²) in [6, 6.07) is 6.71. The second-order valence-electron chi connectivity index (χ2n) is 6.06. The fraction of sp³-hybridized carbons (Fsp3) is 0.467. The molecule has 1 heterocycles. The maximum atomic E-state index is 12.5. The molecule has 7 heteroatoms. The van der Waals surface area contributed by atoms with Gasteiger partial charge in [-0.05, 0) is 55.9 Å². The molecule has 1 fully saturated rings. The van der Waals surface area contributed by atoms with Crippen molar-refractivity contribution >= 4 is 21.6 Å². The van der Waals surface area contributed by atoms with Crippen molar-refractivity contribution in [2.24, 2.45) is 5.92 Å². The van der Waals surface area contributed by atoms with E-state index >= 15 is 0 Å². The Morgan fingerprint density at radius 3 is 2.73 bits per heavy atom. The topological polar surface area (TPSA) is 99.1 Å². The van der Waals surface area contributed by atoms with Crippen LogP contribution in [0, 0.1) is 17.2 Å². The van der Waals surface area contributed by atoms with Crippen LogP contribution in [0.2, 0.25) is 0 Å². The van der Waals surface area contributed by atoms with Gasteiger partial charge in [0.05, 0.1) is 11.0 Å². The molecular weight excluding hydrogens is 302 g/mol. The Bertz CT molecular complexity index is 778. The summed E-state index contributed by atoms with van der Waals surface area (Å²) in [6.45, 7) is 1.63. The molecule has 116 valence electrons. The summed E-state index contributed by atoms with van der Waals surface area (Å²) in [5.41, 5.74) is 0.385. The minimum Gasteiger partial charge on any atom is -0.326 e. The lowest BCUT2D eigenvalue weighted by atomic mass is 10.0. The number of nitrogens with one attached hydrogen (secondary N) is 2. The molecular formula is C15H17N3O3S. The predicted molar refractivity (Wildman–Crippen MR) is 80.5 cm³/mol. The molecule has 1 saturated carbocycles. The minimum atomic E-state index is -3.77. The maximum Gasteiger partial charge on any atom is 0.241 e. The van der Waals surface area contributed by atoms with E-state index in [-0.39, 0.29) is 16.7 Å². The third kappa shape index (κ3) is 2.72. The van der Waals surface area contributed by atoms with Crippen molar-refractivity contribution in [2.75, 3.05) is 5.32 Å². The van der Waals surface area contributed by atoms with E-state index < -0.39 is 15.6 Å². The van der Waals surface area contributed by atoms with Crippen LogP contribution in [0.25, 0.3) is 0 Å². The number of benzene rings is 1. The van der Waals surface area contributed by atoms with Crippen molar-refractivity contribution in [2.45, 2.75) is 43.0 Å². The molecule has 1 atom stereocenters. The first-order valence-corrected chi connectivity index (χ1v) is 8.70. The molecule has 0 unspecified atom stereocenters. The molecule has 1 aromatic carbocycles. The van der Waals surface area contributed by atoms with Gasteiger partial charge in [-0.1, -0.05) is 0 Å². The number of anilines is 1. The molecule has 2 N–H and O–H groups in total. The van der Waals surface area contributed by atoms with Crippen LogP contribution in [0.1, 0.15) is 31.7 Å². The monoisotopic (exact) mass is 319 g/mol. The van der Waals surface area contributed by atoms with Crippen molar-refractivity contribution in [3.05, 3.63) is 23.8 Å². The zero-order valence-corrected chi connectivity index (χ0v) is 13.0. The van der Waals surface area contributed by atoms with E-state index in [9.17, 15) is 18.5 Å². The summed E-state index contributed by atoms with van der Waals surface area (Å²) in [5.74, 6) is 0.0104. The van der Waals surface area contributed by atoms with Crippen molar-refractivity contribution in [3.63, 3.8) is 0 Å². The molecule has 1 amide bonds. The van der Waals surface area contributed by atoms with Crippen molar-refractivity contribution < 1.29 is 13.2 Å². The van der Waals surface area contributed by atoms with Crippen molar-refractivity contribution in [1.29, 1.82) is 5.26 Å². The summed E-state index contributed by atoms with van der Waals surface area (Å²) in [5, 5.41) is 12.0. The van der Waals surface area contributed by atoms with Crippen LogP contribution in [0.4, 0.5) is 5.69 Å². The Hall–Kier alpha value is -1.91. The first-order valence-electron chi connectivity index (χ1n) is 7.22. The number of nitrogens with zero attached hydrogens (tertiary/aromatic N) is 1. The molecule has 0 aromatic heterocycles. The van der Waals surface area contributed by atoms with Crippen LogP contribution >= 0.6 is 0 Å². The average molecular weight is 319 g/mol. The van der Waals surface area contributed by atoms with Crippen LogP contribution in [0.3, 0.4) is 0 Å². The molecule has 0 bridgehead atoms. The predicted octanol–water partition coefficient (Wildman–Crippen LogP) is 1.54. The smallest absolute Gasteiger partial charge is 0.241 e. The lowest BCUT2D eigenvalue weighted by Crippen LogP contribution is -2.46. The summed E-state index contributed by atoms with van der Waals surface area (Å²) in [7, 11) is -3.77. The highest BCUT2D eigenvalue weighted by molar-refractivity contribution is 7.89. The van der Waals surface area contributed by atoms with E-state index in [1.165, 1.54) is 6.07 Å². The van der Waals surface area contributed by atoms with Crippen molar-refractivity contribution in [3.8, 4) is 6.07 Å². The molecule has 0 radical (unpaired) electrons. The number of nitriles is 1. The van der Waals surface area contributed by atoms with Crippen LogP contribution < -0.4 is 10.0 Å². The highest BCUT2D eigenvalue weighted by Gasteiger charge is 2.44. The van der Waals surface area contributed by atoms with Gasteiger partial charge in [0.15, 0.2) is 0 Å². The van der Waals surface area contributed by atoms with E-state index in [4.69, 9.17) is 0 Å². The van der Waals surface area contributed by atoms with Gasteiger partial charge in [-0.15, -0.1) is 0 Å². The summed E-state index contributed by atoms with van der Waals surface area (Å²) < 4.78 is 27.6. The zero-order chi connectivity index (χ0) is 16.0. The number of aryl methyl sites for hydroxylation is 1. The molecule has 2 aliphatic rings. The summed E-state index contributed by atoms with van der Waals surface area (Å²) in [4.78, 5) is 11.5. The summed E-state index contributed by atoms with van der Waals surface area (Å²) in [6.07, 6.45) is 2.59. The third-order valence-electron chi connectivity index (χ3n) is 4.25. The molecule has 3 rings (SSSR count). The highest BCUT2D eigenvalue weighted by Crippen LogP contribution is 2.40. The average Bonchev–Trinajstić information content (AvgIpc) is 3.31. The van der Waals surface area contributed by atoms with Gasteiger partial charge in [0.25, 0.3) is 0 Å². The molecule has 1 aliphatic heterocycles. The molecule has 6 nitrogen and oxygen atoms in total. The van der Waals surface area contributed by atoms with E-state index in [2.05, 4.69) is 16.1 Å². The Kier molecular flexibility index (Phi) is 3.46. The number of amides is 1. The number of carbonyl (C=O) groups excluding carboxylic acids is 1. The van der Waals surface area contributed by atoms with Gasteiger partial charge in [0.1, 0.15) is 5.54 Å². The van der Waals surface area contributed by atoms with Crippen LogP contribution in [-0.2, 0) is 21.2 Å². The van der Waals surface area contributed by atoms with E-state index in [1.54, 1.807) is 19.1 Å². The van der Waals surface area contributed by atoms with Gasteiger partial charge < -0.3 is 5.32 Å². The standard InChI is InChI=1S/C15H17N3O3S/c1-15(9-16,11-3-4-11)18-22(20,21)12-5-6-13-10(8-12)2-7-14(19)17-13/h5-6,8,11,18H,2-4,7H2,1H3,(H,17,19)/t15-/m1/s1. The Balaban J connectivity index is 1.90. The van der Waals surface area contributed by atoms with Gasteiger partial charge in [0, 0.05) is 12.1 Å². The first-order chi connectivity index (χ1) is 10.3. The van der Waals surface area contributed by atoms with E-state index in [0.717, 1.165) is 18.4 Å². The zero-order valence-electron chi connectivity index (χ0n) is 12.2. The number of sulfonamides is 1. The van der Waals surface area contributed by atoms with Crippen LogP contribution in [0.5, 0.6) is 0 Å². The number of hydrogen-bond donors (Lipinski definition) is 2. The second-order valence-corrected chi connectivity index (χ2v) is 7.74. The lowest BCUT2D eigenvalue weighted by molar-refractivity contribution is -0.116. The Labute approximate surface area is 129 Å². The SMILES string of the molecule is C[C@](C#N)(NS(=O)(=O)c1ccc2c(c1)CCC(=O)N2)C1CC1. The second kappa shape index (κ2) is 5.07. The number of rotatable bonds is 4. The van der Waals surface area contributed by atoms with Gasteiger partial charge in [-0.2, -0.15) is 9.98 Å². The largest absolute Gasteiger partial charge is 0.326 e. The van der Waals surface area contributed by atoms with Crippen LogP contribution in [-0.4, -0.2) is 19.9 Å². The van der Waals surface area contributed by atoms with E-state index in [0.29, 0.717) is 18.5 Å². The quantitative estimate of drug-likeness (QED) is 0.879. The van der Waals surface area contributed by atoms with E-state index in [1.807, 2.05) is 0 Å². The fourth-order valence-electron chi connectivity index (χ4n) is 2.72. The van der Waals surface area contributed by atoms with Crippen LogP contribution in [0.15, 0.2) is 23.1 Å². The maximum absolute atomic E-state index is 12.5. The lowest BCUT2D eigenvalue weighted by Gasteiger charge is -2.23. The highest BCUT2D eigenvalue weighted by atomic mass is 32.2. The number of hydrogen-bond acceptors (Lipinski definition) is 4. The first kappa shape index (κ1) is 15.0. The van der Waals surface area contributed by atoms with Gasteiger partial charge in [-0.25, -0.2) is 8.42 Å². The molecule has 1 aliphatic carbocycles. The Morgan fingerprint density at radius 1 is 1.36 bits per heavy atom.